The Kier molecular flexibility index (Phi) is 4.41. The van der Waals surface area contributed by atoms with Crippen molar-refractivity contribution in [1.29, 1.82) is 0 Å². The summed E-state index contributed by atoms with van der Waals surface area (Å²) in [5.41, 5.74) is 0.898. The van der Waals surface area contributed by atoms with E-state index in [1.54, 1.807) is 6.08 Å². The summed E-state index contributed by atoms with van der Waals surface area (Å²) in [6.45, 7) is 0. The Bertz CT molecular complexity index is 264. The lowest BCUT2D eigenvalue weighted by molar-refractivity contribution is -0.131. The second-order valence-electron chi connectivity index (χ2n) is 2.08. The predicted molar refractivity (Wildman–Crippen MR) is 46.7 cm³/mol. The maximum Gasteiger partial charge on any atom is 0.328 e. The number of benzene rings is 1. The second-order valence-corrected chi connectivity index (χ2v) is 2.08. The van der Waals surface area contributed by atoms with Crippen LogP contribution in [0.15, 0.2) is 36.4 Å². The zero-order valence-electron chi connectivity index (χ0n) is 6.40. The topological polar surface area (TPSA) is 68.8 Å². The first kappa shape index (κ1) is 10.4. The maximum atomic E-state index is 10.1. The summed E-state index contributed by atoms with van der Waals surface area (Å²) in [6, 6.07) is 9.31. The molecule has 0 aliphatic heterocycles. The van der Waals surface area contributed by atoms with Gasteiger partial charge in [0.2, 0.25) is 0 Å². The van der Waals surface area contributed by atoms with Gasteiger partial charge in [0, 0.05) is 6.08 Å². The minimum absolute atomic E-state index is 0. The van der Waals surface area contributed by atoms with Crippen LogP contribution in [0.1, 0.15) is 5.56 Å². The monoisotopic (exact) mass is 154 g/mol. The molecule has 64 valence electrons. The van der Waals surface area contributed by atoms with Crippen LogP contribution in [0.3, 0.4) is 0 Å². The van der Waals surface area contributed by atoms with Crippen LogP contribution in [0, 0.1) is 0 Å². The van der Waals surface area contributed by atoms with Crippen molar-refractivity contribution in [3.8, 4) is 0 Å². The standard InChI is InChI=1S/C9H8O2.H2O/c10-9(11)7-6-8-4-2-1-3-5-8;/h1-7H,(H,10,11);1H2/i;1-12. The lowest BCUT2D eigenvalue weighted by Crippen LogP contribution is -1.85. The highest BCUT2D eigenvalue weighted by Crippen LogP contribution is 1.99. The number of hydrogen-bond acceptors (Lipinski definition) is 1. The summed E-state index contributed by atoms with van der Waals surface area (Å²) >= 11 is 0. The van der Waals surface area contributed by atoms with Gasteiger partial charge in [-0.05, 0) is 11.6 Å². The lowest BCUT2D eigenvalue weighted by atomic mass is 4.00. The third-order valence-electron chi connectivity index (χ3n) is 1.22. The van der Waals surface area contributed by atoms with E-state index in [0.29, 0.717) is 0 Å². The summed E-state index contributed by atoms with van der Waals surface area (Å²) in [5, 5.41) is 8.29. The number of rotatable bonds is 2. The molecule has 0 heterocycles. The van der Waals surface area contributed by atoms with E-state index in [0.717, 1.165) is 11.6 Å². The molecule has 3 heteroatoms. The van der Waals surface area contributed by atoms with Crippen LogP contribution in [0.25, 0.3) is 6.08 Å². The molecule has 0 fully saturated rings. The number of carboxylic acids is 1. The number of aliphatic carboxylic acids is 1. The molecule has 0 aliphatic rings. The fourth-order valence-corrected chi connectivity index (χ4v) is 0.732. The Labute approximate surface area is 70.3 Å². The van der Waals surface area contributed by atoms with Gasteiger partial charge in [-0.1, -0.05) is 30.3 Å². The van der Waals surface area contributed by atoms with Gasteiger partial charge < -0.3 is 10.6 Å². The molecule has 0 aromatic heterocycles. The zero-order chi connectivity index (χ0) is 8.10. The summed E-state index contributed by atoms with van der Waals surface area (Å²) in [5.74, 6) is -0.922. The van der Waals surface area contributed by atoms with Gasteiger partial charge in [0.25, 0.3) is 0 Å². The van der Waals surface area contributed by atoms with Crippen LogP contribution in [0.5, 0.6) is 0 Å². The number of hydrogen-bond donors (Lipinski definition) is 1. The van der Waals surface area contributed by atoms with Gasteiger partial charge in [-0.25, -0.2) is 4.79 Å². The molecular formula is C9H10O3. The first-order valence-corrected chi connectivity index (χ1v) is 3.25. The van der Waals surface area contributed by atoms with E-state index in [4.69, 9.17) is 5.11 Å². The first-order chi connectivity index (χ1) is 5.29. The minimum atomic E-state index is -0.922. The predicted octanol–water partition coefficient (Wildman–Crippen LogP) is 0.960. The molecule has 3 N–H and O–H groups in total. The SMILES string of the molecule is O=C(O)C=Cc1ccccc1.[4OH2]. The zero-order valence-corrected chi connectivity index (χ0v) is 6.40. The van der Waals surface area contributed by atoms with Crippen molar-refractivity contribution in [2.24, 2.45) is 0 Å². The molecule has 0 bridgehead atoms. The quantitative estimate of drug-likeness (QED) is 0.644. The molecule has 0 amide bonds. The van der Waals surface area contributed by atoms with Gasteiger partial charge in [0.15, 0.2) is 0 Å². The van der Waals surface area contributed by atoms with Gasteiger partial charge in [-0.15, -0.1) is 0 Å². The van der Waals surface area contributed by atoms with Crippen molar-refractivity contribution in [3.63, 3.8) is 0 Å². The largest absolute Gasteiger partial charge is 0.478 e. The van der Waals surface area contributed by atoms with Crippen molar-refractivity contribution < 1.29 is 15.4 Å². The highest BCUT2D eigenvalue weighted by atomic mass is 16.4. The molecular weight excluding hydrogens is 144 g/mol. The van der Waals surface area contributed by atoms with E-state index in [9.17, 15) is 4.79 Å². The molecule has 0 unspecified atom stereocenters. The fourth-order valence-electron chi connectivity index (χ4n) is 0.732. The molecule has 0 spiro atoms. The van der Waals surface area contributed by atoms with Gasteiger partial charge >= 0.3 is 5.97 Å². The van der Waals surface area contributed by atoms with E-state index in [1.165, 1.54) is 0 Å². The molecule has 0 saturated heterocycles. The summed E-state index contributed by atoms with van der Waals surface area (Å²) in [6.07, 6.45) is 2.68. The summed E-state index contributed by atoms with van der Waals surface area (Å²) in [4.78, 5) is 10.1. The highest BCUT2D eigenvalue weighted by Gasteiger charge is 1.85. The van der Waals surface area contributed by atoms with Gasteiger partial charge in [0.05, 0.1) is 0 Å². The van der Waals surface area contributed by atoms with Crippen LogP contribution < -0.4 is 0 Å². The average molecular weight is 154 g/mol. The summed E-state index contributed by atoms with van der Waals surface area (Å²) < 4.78 is 0. The molecule has 0 saturated carbocycles. The van der Waals surface area contributed by atoms with Gasteiger partial charge in [0.1, 0.15) is 0 Å². The lowest BCUT2D eigenvalue weighted by Gasteiger charge is -1.87. The van der Waals surface area contributed by atoms with Crippen molar-refractivity contribution in [3.05, 3.63) is 42.0 Å². The maximum absolute atomic E-state index is 10.1. The third kappa shape index (κ3) is 3.53. The second kappa shape index (κ2) is 5.09. The van der Waals surface area contributed by atoms with Crippen molar-refractivity contribution in [1.82, 2.24) is 0 Å². The Morgan fingerprint density at radius 2 is 1.83 bits per heavy atom. The smallest absolute Gasteiger partial charge is 0.328 e. The molecule has 1 aromatic rings. The molecule has 3 nitrogen and oxygen atoms in total. The molecule has 0 aliphatic carbocycles. The first-order valence-electron chi connectivity index (χ1n) is 3.25. The Hall–Kier alpha value is -1.61. The summed E-state index contributed by atoms with van der Waals surface area (Å²) in [7, 11) is 0. The Balaban J connectivity index is 0.00000121. The normalized spacial score (nSPS) is 9.33. The van der Waals surface area contributed by atoms with Crippen LogP contribution >= 0.6 is 0 Å². The van der Waals surface area contributed by atoms with E-state index < -0.39 is 5.97 Å². The van der Waals surface area contributed by atoms with Crippen LogP contribution in [-0.4, -0.2) is 16.6 Å². The molecule has 0 atom stereocenters. The molecule has 12 heavy (non-hydrogen) atoms. The average Bonchev–Trinajstić information content (AvgIpc) is 2.03. The van der Waals surface area contributed by atoms with E-state index >= 15 is 0 Å². The molecule has 0 radical (unpaired) electrons. The number of carbonyl (C=O) groups is 1. The number of carboxylic acid groups (broad SMARTS) is 1. The van der Waals surface area contributed by atoms with Crippen molar-refractivity contribution in [2.75, 3.05) is 0 Å². The van der Waals surface area contributed by atoms with Crippen LogP contribution in [0.4, 0.5) is 0 Å². The third-order valence-corrected chi connectivity index (χ3v) is 1.22. The van der Waals surface area contributed by atoms with Crippen molar-refractivity contribution in [2.45, 2.75) is 0 Å². The minimum Gasteiger partial charge on any atom is -0.478 e. The molecule has 1 rings (SSSR count). The Morgan fingerprint density at radius 1 is 1.25 bits per heavy atom. The molecule has 1 aromatic carbocycles. The van der Waals surface area contributed by atoms with Gasteiger partial charge in [-0.3, -0.25) is 0 Å². The van der Waals surface area contributed by atoms with Crippen LogP contribution in [-0.2, 0) is 4.79 Å². The van der Waals surface area contributed by atoms with Crippen LogP contribution in [0.2, 0.25) is 0 Å². The van der Waals surface area contributed by atoms with E-state index in [2.05, 4.69) is 0 Å². The van der Waals surface area contributed by atoms with Gasteiger partial charge in [-0.2, -0.15) is 0 Å². The van der Waals surface area contributed by atoms with E-state index in [1.807, 2.05) is 30.3 Å². The van der Waals surface area contributed by atoms with E-state index in [-0.39, 0.29) is 5.48 Å². The fraction of sp³-hybridized carbons (Fsp3) is 0. The highest BCUT2D eigenvalue weighted by molar-refractivity contribution is 5.85. The Morgan fingerprint density at radius 3 is 2.33 bits per heavy atom. The van der Waals surface area contributed by atoms with Crippen molar-refractivity contribution >= 4 is 12.0 Å².